The number of thiophene rings is 1. The van der Waals surface area contributed by atoms with Crippen molar-refractivity contribution in [1.82, 2.24) is 14.5 Å². The van der Waals surface area contributed by atoms with Gasteiger partial charge in [0.25, 0.3) is 0 Å². The van der Waals surface area contributed by atoms with Crippen LogP contribution in [0.15, 0.2) is 17.8 Å². The second kappa shape index (κ2) is 6.23. The number of hydrogen-bond donors (Lipinski definition) is 0. The molecule has 3 rings (SSSR count). The number of hydrogen-bond acceptors (Lipinski definition) is 5. The van der Waals surface area contributed by atoms with E-state index in [9.17, 15) is 4.79 Å². The second-order valence-corrected chi connectivity index (χ2v) is 6.35. The Hall–Kier alpha value is -2.64. The van der Waals surface area contributed by atoms with E-state index in [4.69, 9.17) is 10.5 Å². The minimum Gasteiger partial charge on any atom is -0.334 e. The first-order valence-electron chi connectivity index (χ1n) is 7.40. The molecule has 1 aliphatic rings. The fourth-order valence-corrected chi connectivity index (χ4v) is 4.00. The second-order valence-electron chi connectivity index (χ2n) is 5.35. The van der Waals surface area contributed by atoms with Gasteiger partial charge >= 0.3 is 0 Å². The fraction of sp³-hybridized carbons (Fsp3) is 0.375. The van der Waals surface area contributed by atoms with Crippen LogP contribution in [0.2, 0.25) is 0 Å². The van der Waals surface area contributed by atoms with Crippen molar-refractivity contribution in [2.45, 2.75) is 32.4 Å². The summed E-state index contributed by atoms with van der Waals surface area (Å²) in [5.74, 6) is -0.0490. The zero-order valence-corrected chi connectivity index (χ0v) is 13.5. The molecule has 7 heteroatoms. The molecule has 0 N–H and O–H groups in total. The largest absolute Gasteiger partial charge is 0.334 e. The standard InChI is InChI=1S/C16H15N5OS/c1-2-13-11-4-6-23-15(11)3-5-21(13)16(22)9-20-10-19-12(7-17)14(20)8-18/h4,6,10,13H,2-3,5,9H2,1H3/t13-/m0/s1. The topological polar surface area (TPSA) is 85.7 Å². The van der Waals surface area contributed by atoms with E-state index >= 15 is 0 Å². The van der Waals surface area contributed by atoms with Gasteiger partial charge in [-0.3, -0.25) is 4.79 Å². The van der Waals surface area contributed by atoms with Gasteiger partial charge in [0.1, 0.15) is 18.7 Å². The molecule has 0 radical (unpaired) electrons. The van der Waals surface area contributed by atoms with Crippen LogP contribution in [0.5, 0.6) is 0 Å². The van der Waals surface area contributed by atoms with E-state index in [1.54, 1.807) is 11.3 Å². The third kappa shape index (κ3) is 2.60. The molecule has 0 fully saturated rings. The molecule has 0 aromatic carbocycles. The van der Waals surface area contributed by atoms with Crippen molar-refractivity contribution in [3.63, 3.8) is 0 Å². The van der Waals surface area contributed by atoms with Gasteiger partial charge in [-0.05, 0) is 29.9 Å². The third-order valence-electron chi connectivity index (χ3n) is 4.16. The summed E-state index contributed by atoms with van der Waals surface area (Å²) in [6.45, 7) is 2.80. The summed E-state index contributed by atoms with van der Waals surface area (Å²) in [6, 6.07) is 6.00. The van der Waals surface area contributed by atoms with Crippen LogP contribution in [0, 0.1) is 22.7 Å². The van der Waals surface area contributed by atoms with Crippen LogP contribution >= 0.6 is 11.3 Å². The van der Waals surface area contributed by atoms with Gasteiger partial charge in [-0.15, -0.1) is 11.3 Å². The van der Waals surface area contributed by atoms with E-state index in [1.807, 2.05) is 17.0 Å². The number of imidazole rings is 1. The van der Waals surface area contributed by atoms with Gasteiger partial charge in [0.2, 0.25) is 5.91 Å². The number of nitriles is 2. The molecule has 0 saturated carbocycles. The Kier molecular flexibility index (Phi) is 4.14. The highest BCUT2D eigenvalue weighted by Crippen LogP contribution is 2.35. The molecular weight excluding hydrogens is 310 g/mol. The van der Waals surface area contributed by atoms with Crippen molar-refractivity contribution < 1.29 is 4.79 Å². The molecular formula is C16H15N5OS. The summed E-state index contributed by atoms with van der Waals surface area (Å²) in [5.41, 5.74) is 1.44. The predicted molar refractivity (Wildman–Crippen MR) is 84.4 cm³/mol. The summed E-state index contributed by atoms with van der Waals surface area (Å²) in [6.07, 6.45) is 3.11. The highest BCUT2D eigenvalue weighted by Gasteiger charge is 2.30. The number of rotatable bonds is 3. The third-order valence-corrected chi connectivity index (χ3v) is 5.15. The lowest BCUT2D eigenvalue weighted by atomic mass is 9.98. The number of carbonyl (C=O) groups is 1. The van der Waals surface area contributed by atoms with Gasteiger partial charge in [-0.25, -0.2) is 4.98 Å². The fourth-order valence-electron chi connectivity index (χ4n) is 3.07. The molecule has 0 aliphatic carbocycles. The Morgan fingerprint density at radius 2 is 2.30 bits per heavy atom. The van der Waals surface area contributed by atoms with Crippen molar-refractivity contribution >= 4 is 17.2 Å². The first-order chi connectivity index (χ1) is 11.2. The normalized spacial score (nSPS) is 16.5. The van der Waals surface area contributed by atoms with E-state index in [2.05, 4.69) is 23.4 Å². The lowest BCUT2D eigenvalue weighted by molar-refractivity contribution is -0.134. The first-order valence-corrected chi connectivity index (χ1v) is 8.28. The molecule has 3 heterocycles. The number of aromatic nitrogens is 2. The van der Waals surface area contributed by atoms with Crippen LogP contribution in [0.3, 0.4) is 0 Å². The van der Waals surface area contributed by atoms with Gasteiger partial charge < -0.3 is 9.47 Å². The van der Waals surface area contributed by atoms with E-state index in [1.165, 1.54) is 21.3 Å². The van der Waals surface area contributed by atoms with Gasteiger partial charge in [-0.2, -0.15) is 10.5 Å². The van der Waals surface area contributed by atoms with Crippen molar-refractivity contribution in [1.29, 1.82) is 10.5 Å². The first kappa shape index (κ1) is 15.3. The molecule has 1 aliphatic heterocycles. The molecule has 0 bridgehead atoms. The van der Waals surface area contributed by atoms with Crippen LogP contribution in [0.25, 0.3) is 0 Å². The molecule has 2 aromatic heterocycles. The highest BCUT2D eigenvalue weighted by atomic mass is 32.1. The number of nitrogens with zero attached hydrogens (tertiary/aromatic N) is 5. The van der Waals surface area contributed by atoms with Crippen LogP contribution in [-0.2, 0) is 17.8 Å². The summed E-state index contributed by atoms with van der Waals surface area (Å²) < 4.78 is 1.46. The molecule has 0 saturated heterocycles. The van der Waals surface area contributed by atoms with E-state index in [0.717, 1.165) is 12.8 Å². The molecule has 116 valence electrons. The Morgan fingerprint density at radius 1 is 1.48 bits per heavy atom. The number of amides is 1. The van der Waals surface area contributed by atoms with Crippen molar-refractivity contribution in [3.8, 4) is 12.1 Å². The Morgan fingerprint density at radius 3 is 3.00 bits per heavy atom. The van der Waals surface area contributed by atoms with Crippen LogP contribution in [0.4, 0.5) is 0 Å². The Bertz CT molecular complexity index is 822. The summed E-state index contributed by atoms with van der Waals surface area (Å²) in [7, 11) is 0. The molecule has 1 atom stereocenters. The Labute approximate surface area is 138 Å². The van der Waals surface area contributed by atoms with Crippen LogP contribution < -0.4 is 0 Å². The van der Waals surface area contributed by atoms with E-state index in [0.29, 0.717) is 6.54 Å². The van der Waals surface area contributed by atoms with Crippen LogP contribution in [0.1, 0.15) is 41.2 Å². The lowest BCUT2D eigenvalue weighted by Gasteiger charge is -2.35. The summed E-state index contributed by atoms with van der Waals surface area (Å²) in [4.78, 5) is 19.8. The van der Waals surface area contributed by atoms with Gasteiger partial charge in [0, 0.05) is 11.4 Å². The highest BCUT2D eigenvalue weighted by molar-refractivity contribution is 7.10. The quantitative estimate of drug-likeness (QED) is 0.866. The average molecular weight is 325 g/mol. The van der Waals surface area contributed by atoms with Gasteiger partial charge in [-0.1, -0.05) is 6.92 Å². The van der Waals surface area contributed by atoms with Gasteiger partial charge in [0.05, 0.1) is 12.4 Å². The molecule has 6 nitrogen and oxygen atoms in total. The van der Waals surface area contributed by atoms with Crippen molar-refractivity contribution in [2.24, 2.45) is 0 Å². The van der Waals surface area contributed by atoms with E-state index in [-0.39, 0.29) is 29.9 Å². The maximum Gasteiger partial charge on any atom is 0.243 e. The number of fused-ring (bicyclic) bond motifs is 1. The molecule has 1 amide bonds. The monoisotopic (exact) mass is 325 g/mol. The van der Waals surface area contributed by atoms with Crippen LogP contribution in [-0.4, -0.2) is 26.9 Å². The lowest BCUT2D eigenvalue weighted by Crippen LogP contribution is -2.41. The zero-order valence-electron chi connectivity index (χ0n) is 12.7. The maximum atomic E-state index is 12.7. The maximum absolute atomic E-state index is 12.7. The summed E-state index contributed by atoms with van der Waals surface area (Å²) in [5, 5.41) is 20.2. The molecule has 0 spiro atoms. The zero-order chi connectivity index (χ0) is 16.4. The minimum absolute atomic E-state index is 0.0353. The van der Waals surface area contributed by atoms with Crippen molar-refractivity contribution in [2.75, 3.05) is 6.54 Å². The summed E-state index contributed by atoms with van der Waals surface area (Å²) >= 11 is 1.74. The minimum atomic E-state index is -0.0490. The molecule has 2 aromatic rings. The SMILES string of the molecule is CC[C@H]1c2ccsc2CCN1C(=O)Cn1cnc(C#N)c1C#N. The molecule has 23 heavy (non-hydrogen) atoms. The Balaban J connectivity index is 1.83. The predicted octanol–water partition coefficient (Wildman–Crippen LogP) is 2.22. The van der Waals surface area contributed by atoms with E-state index < -0.39 is 0 Å². The average Bonchev–Trinajstić information content (AvgIpc) is 3.19. The van der Waals surface area contributed by atoms with Gasteiger partial charge in [0.15, 0.2) is 11.4 Å². The number of carbonyl (C=O) groups excluding carboxylic acids is 1. The smallest absolute Gasteiger partial charge is 0.243 e. The molecule has 0 unspecified atom stereocenters. The van der Waals surface area contributed by atoms with Crippen molar-refractivity contribution in [3.05, 3.63) is 39.6 Å².